The van der Waals surface area contributed by atoms with Crippen LogP contribution in [0.2, 0.25) is 0 Å². The fourth-order valence-corrected chi connectivity index (χ4v) is 2.53. The van der Waals surface area contributed by atoms with E-state index in [-0.39, 0.29) is 17.5 Å². The number of amides is 2. The SMILES string of the molecule is CNS(=O)(=O)c1cccc(CNC(=O)Nc2ccncc2)c1. The average molecular weight is 320 g/mol. The van der Waals surface area contributed by atoms with Crippen LogP contribution in [-0.4, -0.2) is 26.5 Å². The molecule has 1 heterocycles. The highest BCUT2D eigenvalue weighted by molar-refractivity contribution is 7.89. The van der Waals surface area contributed by atoms with Crippen molar-refractivity contribution >= 4 is 21.7 Å². The number of anilines is 1. The largest absolute Gasteiger partial charge is 0.334 e. The lowest BCUT2D eigenvalue weighted by atomic mass is 10.2. The first-order chi connectivity index (χ1) is 10.5. The first-order valence-electron chi connectivity index (χ1n) is 6.48. The number of carbonyl (C=O) groups excluding carboxylic acids is 1. The number of sulfonamides is 1. The van der Waals surface area contributed by atoms with Gasteiger partial charge in [-0.2, -0.15) is 0 Å². The number of carbonyl (C=O) groups is 1. The first-order valence-corrected chi connectivity index (χ1v) is 7.97. The van der Waals surface area contributed by atoms with E-state index in [1.54, 1.807) is 36.7 Å². The molecule has 0 atom stereocenters. The Morgan fingerprint density at radius 2 is 1.91 bits per heavy atom. The van der Waals surface area contributed by atoms with Crippen molar-refractivity contribution in [2.75, 3.05) is 12.4 Å². The van der Waals surface area contributed by atoms with E-state index >= 15 is 0 Å². The fraction of sp³-hybridized carbons (Fsp3) is 0.143. The summed E-state index contributed by atoms with van der Waals surface area (Å²) in [5.74, 6) is 0. The third-order valence-corrected chi connectivity index (χ3v) is 4.28. The summed E-state index contributed by atoms with van der Waals surface area (Å²) in [5, 5.41) is 5.31. The van der Waals surface area contributed by atoms with Crippen LogP contribution in [0.25, 0.3) is 0 Å². The van der Waals surface area contributed by atoms with Gasteiger partial charge in [-0.15, -0.1) is 0 Å². The molecule has 2 amide bonds. The summed E-state index contributed by atoms with van der Waals surface area (Å²) in [4.78, 5) is 15.8. The van der Waals surface area contributed by atoms with Crippen LogP contribution in [0.15, 0.2) is 53.7 Å². The molecular formula is C14H16N4O3S. The van der Waals surface area contributed by atoms with E-state index in [9.17, 15) is 13.2 Å². The molecule has 0 aliphatic rings. The smallest absolute Gasteiger partial charge is 0.319 e. The summed E-state index contributed by atoms with van der Waals surface area (Å²) in [7, 11) is -2.14. The molecule has 116 valence electrons. The summed E-state index contributed by atoms with van der Waals surface area (Å²) in [6.45, 7) is 0.212. The highest BCUT2D eigenvalue weighted by atomic mass is 32.2. The zero-order valence-electron chi connectivity index (χ0n) is 11.9. The maximum Gasteiger partial charge on any atom is 0.319 e. The standard InChI is InChI=1S/C14H16N4O3S/c1-15-22(20,21)13-4-2-3-11(9-13)10-17-14(19)18-12-5-7-16-8-6-12/h2-9,15H,10H2,1H3,(H2,16,17,18,19). The molecule has 0 saturated heterocycles. The molecule has 0 aliphatic carbocycles. The number of rotatable bonds is 5. The molecule has 22 heavy (non-hydrogen) atoms. The number of benzene rings is 1. The van der Waals surface area contributed by atoms with E-state index in [2.05, 4.69) is 20.3 Å². The van der Waals surface area contributed by atoms with Crippen molar-refractivity contribution in [2.45, 2.75) is 11.4 Å². The molecule has 0 unspecified atom stereocenters. The summed E-state index contributed by atoms with van der Waals surface area (Å²) < 4.78 is 25.7. The molecule has 2 aromatic rings. The van der Waals surface area contributed by atoms with Crippen molar-refractivity contribution in [1.29, 1.82) is 0 Å². The zero-order chi connectivity index (χ0) is 16.0. The molecule has 1 aromatic heterocycles. The molecule has 0 aliphatic heterocycles. The lowest BCUT2D eigenvalue weighted by molar-refractivity contribution is 0.251. The van der Waals surface area contributed by atoms with E-state index in [0.717, 1.165) is 0 Å². The van der Waals surface area contributed by atoms with Crippen molar-refractivity contribution in [2.24, 2.45) is 0 Å². The van der Waals surface area contributed by atoms with Crippen LogP contribution < -0.4 is 15.4 Å². The van der Waals surface area contributed by atoms with Crippen LogP contribution in [-0.2, 0) is 16.6 Å². The number of nitrogens with one attached hydrogen (secondary N) is 3. The number of hydrogen-bond acceptors (Lipinski definition) is 4. The maximum absolute atomic E-state index is 11.8. The minimum absolute atomic E-state index is 0.156. The Morgan fingerprint density at radius 1 is 1.18 bits per heavy atom. The van der Waals surface area contributed by atoms with Gasteiger partial charge in [0.25, 0.3) is 0 Å². The summed E-state index contributed by atoms with van der Waals surface area (Å²) >= 11 is 0. The Morgan fingerprint density at radius 3 is 2.59 bits per heavy atom. The molecule has 0 spiro atoms. The van der Waals surface area contributed by atoms with Gasteiger partial charge in [-0.05, 0) is 36.9 Å². The third-order valence-electron chi connectivity index (χ3n) is 2.87. The van der Waals surface area contributed by atoms with E-state index < -0.39 is 10.0 Å². The van der Waals surface area contributed by atoms with Crippen LogP contribution >= 0.6 is 0 Å². The Hall–Kier alpha value is -2.45. The van der Waals surface area contributed by atoms with Crippen LogP contribution in [0.3, 0.4) is 0 Å². The topological polar surface area (TPSA) is 100 Å². The molecular weight excluding hydrogens is 304 g/mol. The van der Waals surface area contributed by atoms with Crippen LogP contribution in [0.5, 0.6) is 0 Å². The van der Waals surface area contributed by atoms with Gasteiger partial charge in [-0.25, -0.2) is 17.9 Å². The third kappa shape index (κ3) is 4.27. The monoisotopic (exact) mass is 320 g/mol. The number of hydrogen-bond donors (Lipinski definition) is 3. The van der Waals surface area contributed by atoms with Gasteiger partial charge < -0.3 is 10.6 Å². The number of nitrogens with zero attached hydrogens (tertiary/aromatic N) is 1. The second kappa shape index (κ2) is 7.01. The lowest BCUT2D eigenvalue weighted by Crippen LogP contribution is -2.28. The molecule has 0 fully saturated rings. The fourth-order valence-electron chi connectivity index (χ4n) is 1.73. The van der Waals surface area contributed by atoms with Gasteiger partial charge in [0, 0.05) is 24.6 Å². The second-order valence-corrected chi connectivity index (χ2v) is 6.29. The molecule has 0 radical (unpaired) electrons. The number of aromatic nitrogens is 1. The first kappa shape index (κ1) is 15.9. The van der Waals surface area contributed by atoms with Crippen molar-refractivity contribution in [1.82, 2.24) is 15.0 Å². The van der Waals surface area contributed by atoms with Crippen LogP contribution in [0.4, 0.5) is 10.5 Å². The van der Waals surface area contributed by atoms with Crippen molar-refractivity contribution in [3.63, 3.8) is 0 Å². The van der Waals surface area contributed by atoms with Gasteiger partial charge >= 0.3 is 6.03 Å². The zero-order valence-corrected chi connectivity index (χ0v) is 12.7. The Bertz CT molecular complexity index is 748. The molecule has 7 nitrogen and oxygen atoms in total. The number of pyridine rings is 1. The Balaban J connectivity index is 1.97. The molecule has 2 rings (SSSR count). The predicted octanol–water partition coefficient (Wildman–Crippen LogP) is 1.31. The van der Waals surface area contributed by atoms with Gasteiger partial charge in [0.15, 0.2) is 0 Å². The quantitative estimate of drug-likeness (QED) is 0.773. The summed E-state index contributed by atoms with van der Waals surface area (Å²) in [6, 6.07) is 9.32. The number of urea groups is 1. The van der Waals surface area contributed by atoms with Gasteiger partial charge in [-0.1, -0.05) is 12.1 Å². The van der Waals surface area contributed by atoms with E-state index in [4.69, 9.17) is 0 Å². The summed E-state index contributed by atoms with van der Waals surface area (Å²) in [6.07, 6.45) is 3.14. The lowest BCUT2D eigenvalue weighted by Gasteiger charge is -2.09. The maximum atomic E-state index is 11.8. The van der Waals surface area contributed by atoms with Crippen molar-refractivity contribution < 1.29 is 13.2 Å². The predicted molar refractivity (Wildman–Crippen MR) is 82.8 cm³/mol. The van der Waals surface area contributed by atoms with Gasteiger partial charge in [-0.3, -0.25) is 4.98 Å². The van der Waals surface area contributed by atoms with E-state index in [0.29, 0.717) is 11.3 Å². The Labute approximate surface area is 128 Å². The van der Waals surface area contributed by atoms with Gasteiger partial charge in [0.1, 0.15) is 0 Å². The molecule has 8 heteroatoms. The molecule has 3 N–H and O–H groups in total. The van der Waals surface area contributed by atoms with Crippen molar-refractivity contribution in [3.05, 3.63) is 54.4 Å². The average Bonchev–Trinajstić information content (AvgIpc) is 2.54. The normalized spacial score (nSPS) is 11.0. The molecule has 0 saturated carbocycles. The van der Waals surface area contributed by atoms with Gasteiger partial charge in [0.2, 0.25) is 10.0 Å². The van der Waals surface area contributed by atoms with E-state index in [1.165, 1.54) is 19.2 Å². The van der Waals surface area contributed by atoms with Gasteiger partial charge in [0.05, 0.1) is 4.90 Å². The summed E-state index contributed by atoms with van der Waals surface area (Å²) in [5.41, 5.74) is 1.31. The molecule has 1 aromatic carbocycles. The highest BCUT2D eigenvalue weighted by Gasteiger charge is 2.11. The van der Waals surface area contributed by atoms with Crippen molar-refractivity contribution in [3.8, 4) is 0 Å². The highest BCUT2D eigenvalue weighted by Crippen LogP contribution is 2.11. The van der Waals surface area contributed by atoms with Crippen LogP contribution in [0, 0.1) is 0 Å². The second-order valence-electron chi connectivity index (χ2n) is 4.40. The van der Waals surface area contributed by atoms with E-state index in [1.807, 2.05) is 0 Å². The molecule has 0 bridgehead atoms. The minimum Gasteiger partial charge on any atom is -0.334 e. The van der Waals surface area contributed by atoms with Crippen LogP contribution in [0.1, 0.15) is 5.56 Å². The minimum atomic E-state index is -3.49. The Kier molecular flexibility index (Phi) is 5.08.